The van der Waals surface area contributed by atoms with Gasteiger partial charge in [-0.1, -0.05) is 65.2 Å². The molecule has 3 aromatic carbocycles. The van der Waals surface area contributed by atoms with Crippen LogP contribution in [-0.2, 0) is 10.5 Å². The predicted octanol–water partition coefficient (Wildman–Crippen LogP) is 6.56. The molecule has 2 amide bonds. The molecule has 7 nitrogen and oxygen atoms in total. The zero-order valence-corrected chi connectivity index (χ0v) is 22.3. The highest BCUT2D eigenvalue weighted by Gasteiger charge is 2.13. The van der Waals surface area contributed by atoms with E-state index in [0.717, 1.165) is 20.1 Å². The molecule has 12 heteroatoms. The van der Waals surface area contributed by atoms with Gasteiger partial charge in [-0.3, -0.25) is 14.9 Å². The summed E-state index contributed by atoms with van der Waals surface area (Å²) in [6.45, 7) is 0. The van der Waals surface area contributed by atoms with E-state index in [1.54, 1.807) is 24.3 Å². The molecule has 5 rings (SSSR count). The van der Waals surface area contributed by atoms with Crippen molar-refractivity contribution in [2.24, 2.45) is 0 Å². The molecule has 2 heterocycles. The first-order valence-corrected chi connectivity index (χ1v) is 14.5. The highest BCUT2D eigenvalue weighted by atomic mass is 32.2. The van der Waals surface area contributed by atoms with Crippen LogP contribution in [-0.4, -0.2) is 32.7 Å². The molecule has 37 heavy (non-hydrogen) atoms. The minimum atomic E-state index is -0.268. The largest absolute Gasteiger partial charge is 0.322 e. The van der Waals surface area contributed by atoms with E-state index in [0.29, 0.717) is 26.5 Å². The summed E-state index contributed by atoms with van der Waals surface area (Å²) in [5.74, 6) is 0.162. The zero-order valence-electron chi connectivity index (χ0n) is 19.0. The number of anilines is 2. The van der Waals surface area contributed by atoms with E-state index in [1.807, 2.05) is 36.4 Å². The van der Waals surface area contributed by atoms with Gasteiger partial charge in [-0.05, 0) is 48.0 Å². The normalized spacial score (nSPS) is 10.9. The first-order valence-electron chi connectivity index (χ1n) is 10.9. The summed E-state index contributed by atoms with van der Waals surface area (Å²) in [4.78, 5) is 29.4. The van der Waals surface area contributed by atoms with E-state index < -0.39 is 0 Å². The molecule has 0 aliphatic heterocycles. The Hall–Kier alpha value is -3.32. The first-order chi connectivity index (χ1) is 18.0. The summed E-state index contributed by atoms with van der Waals surface area (Å²) in [5.41, 5.74) is 3.05. The second-order valence-electron chi connectivity index (χ2n) is 7.61. The summed E-state index contributed by atoms with van der Waals surface area (Å²) in [6.07, 6.45) is 0. The molecule has 0 bridgehead atoms. The van der Waals surface area contributed by atoms with Gasteiger partial charge in [0.15, 0.2) is 8.68 Å². The summed E-state index contributed by atoms with van der Waals surface area (Å²) in [7, 11) is 0. The number of aromatic nitrogens is 3. The van der Waals surface area contributed by atoms with Crippen molar-refractivity contribution in [3.63, 3.8) is 0 Å². The lowest BCUT2D eigenvalue weighted by Crippen LogP contribution is -2.13. The van der Waals surface area contributed by atoms with Crippen molar-refractivity contribution >= 4 is 79.0 Å². The van der Waals surface area contributed by atoms with Crippen molar-refractivity contribution in [3.8, 4) is 0 Å². The number of amides is 2. The minimum Gasteiger partial charge on any atom is -0.322 e. The highest BCUT2D eigenvalue weighted by molar-refractivity contribution is 8.01. The molecule has 0 aliphatic rings. The number of hydrogen-bond acceptors (Lipinski definition) is 9. The van der Waals surface area contributed by atoms with E-state index in [1.165, 1.54) is 58.3 Å². The van der Waals surface area contributed by atoms with E-state index in [9.17, 15) is 14.0 Å². The third kappa shape index (κ3) is 6.92. The maximum Gasteiger partial charge on any atom is 0.255 e. The van der Waals surface area contributed by atoms with E-state index >= 15 is 0 Å². The third-order valence-electron chi connectivity index (χ3n) is 4.92. The second-order valence-corrected chi connectivity index (χ2v) is 12.1. The summed E-state index contributed by atoms with van der Waals surface area (Å²) in [5, 5.41) is 14.2. The van der Waals surface area contributed by atoms with Crippen LogP contribution in [0.15, 0.2) is 81.5 Å². The minimum absolute atomic E-state index is 0.176. The van der Waals surface area contributed by atoms with Crippen LogP contribution >= 0.6 is 46.2 Å². The molecule has 0 saturated carbocycles. The summed E-state index contributed by atoms with van der Waals surface area (Å²) >= 11 is 5.56. The van der Waals surface area contributed by atoms with Crippen LogP contribution in [0.1, 0.15) is 15.9 Å². The summed E-state index contributed by atoms with van der Waals surface area (Å²) in [6, 6.07) is 20.9. The Labute approximate surface area is 227 Å². The lowest BCUT2D eigenvalue weighted by atomic mass is 10.2. The molecule has 0 spiro atoms. The van der Waals surface area contributed by atoms with Gasteiger partial charge in [-0.25, -0.2) is 9.37 Å². The number of nitrogens with zero attached hydrogens (tertiary/aromatic N) is 3. The van der Waals surface area contributed by atoms with Crippen molar-refractivity contribution in [1.29, 1.82) is 0 Å². The van der Waals surface area contributed by atoms with Crippen LogP contribution in [0.5, 0.6) is 0 Å². The number of nitrogens with one attached hydrogen (secondary N) is 2. The molecular formula is C25H18FN5O2S4. The molecule has 0 radical (unpaired) electrons. The zero-order chi connectivity index (χ0) is 25.6. The van der Waals surface area contributed by atoms with Gasteiger partial charge in [0, 0.05) is 17.0 Å². The standard InChI is InChI=1S/C25H18FN5O2S4/c26-17-8-6-15(7-9-17)13-34-25-31-30-23(37-25)29-21(32)14-35-24-28-19-11-10-18(12-20(19)36-24)27-22(33)16-4-2-1-3-5-16/h1-12H,13-14H2,(H,27,33)(H,29,30,32). The number of carbonyl (C=O) groups is 2. The molecule has 0 atom stereocenters. The van der Waals surface area contributed by atoms with Crippen molar-refractivity contribution in [3.05, 3.63) is 89.7 Å². The average Bonchev–Trinajstić information content (AvgIpc) is 3.53. The van der Waals surface area contributed by atoms with E-state index in [-0.39, 0.29) is 23.4 Å². The Kier molecular flexibility index (Phi) is 8.09. The molecular weight excluding hydrogens is 550 g/mol. The molecule has 5 aromatic rings. The Bertz CT molecular complexity index is 1540. The fraction of sp³-hybridized carbons (Fsp3) is 0.0800. The van der Waals surface area contributed by atoms with Crippen molar-refractivity contribution < 1.29 is 14.0 Å². The van der Waals surface area contributed by atoms with Gasteiger partial charge in [0.1, 0.15) is 5.82 Å². The Balaban J connectivity index is 1.12. The number of thioether (sulfide) groups is 2. The first kappa shape index (κ1) is 25.3. The molecule has 0 saturated heterocycles. The van der Waals surface area contributed by atoms with Crippen LogP contribution in [0.3, 0.4) is 0 Å². The molecule has 0 fully saturated rings. The molecule has 186 valence electrons. The maximum absolute atomic E-state index is 13.0. The predicted molar refractivity (Wildman–Crippen MR) is 149 cm³/mol. The number of thiazole rings is 1. The third-order valence-corrected chi connectivity index (χ3v) is 9.12. The molecule has 0 unspecified atom stereocenters. The molecule has 2 aromatic heterocycles. The van der Waals surface area contributed by atoms with Crippen molar-refractivity contribution in [2.45, 2.75) is 14.4 Å². The fourth-order valence-corrected chi connectivity index (χ4v) is 6.79. The van der Waals surface area contributed by atoms with E-state index in [2.05, 4.69) is 25.8 Å². The molecule has 0 aliphatic carbocycles. The van der Waals surface area contributed by atoms with Crippen molar-refractivity contribution in [2.75, 3.05) is 16.4 Å². The van der Waals surface area contributed by atoms with E-state index in [4.69, 9.17) is 0 Å². The number of halogens is 1. The molecule has 2 N–H and O–H groups in total. The lowest BCUT2D eigenvalue weighted by molar-refractivity contribution is -0.113. The van der Waals surface area contributed by atoms with Gasteiger partial charge in [0.25, 0.3) is 5.91 Å². The van der Waals surface area contributed by atoms with Gasteiger partial charge in [0.05, 0.1) is 16.0 Å². The number of benzene rings is 3. The van der Waals surface area contributed by atoms with Crippen LogP contribution < -0.4 is 10.6 Å². The Morgan fingerprint density at radius 3 is 2.49 bits per heavy atom. The van der Waals surface area contributed by atoms with Gasteiger partial charge in [-0.15, -0.1) is 21.5 Å². The topological polar surface area (TPSA) is 96.9 Å². The number of rotatable bonds is 9. The maximum atomic E-state index is 13.0. The SMILES string of the molecule is O=C(CSc1nc2ccc(NC(=O)c3ccccc3)cc2s1)Nc1nnc(SCc2ccc(F)cc2)s1. The van der Waals surface area contributed by atoms with Gasteiger partial charge in [-0.2, -0.15) is 0 Å². The second kappa shape index (κ2) is 11.8. The van der Waals surface area contributed by atoms with Crippen molar-refractivity contribution in [1.82, 2.24) is 15.2 Å². The Morgan fingerprint density at radius 1 is 0.865 bits per heavy atom. The van der Waals surface area contributed by atoms with Crippen LogP contribution in [0, 0.1) is 5.82 Å². The van der Waals surface area contributed by atoms with Crippen LogP contribution in [0.2, 0.25) is 0 Å². The van der Waals surface area contributed by atoms with Gasteiger partial charge < -0.3 is 5.32 Å². The number of fused-ring (bicyclic) bond motifs is 1. The van der Waals surface area contributed by atoms with Crippen LogP contribution in [0.25, 0.3) is 10.2 Å². The quantitative estimate of drug-likeness (QED) is 0.154. The van der Waals surface area contributed by atoms with Gasteiger partial charge >= 0.3 is 0 Å². The average molecular weight is 568 g/mol. The smallest absolute Gasteiger partial charge is 0.255 e. The number of hydrogen-bond donors (Lipinski definition) is 2. The number of carbonyl (C=O) groups excluding carboxylic acids is 2. The fourth-order valence-electron chi connectivity index (χ4n) is 3.16. The monoisotopic (exact) mass is 567 g/mol. The lowest BCUT2D eigenvalue weighted by Gasteiger charge is -2.04. The summed E-state index contributed by atoms with van der Waals surface area (Å²) < 4.78 is 15.4. The van der Waals surface area contributed by atoms with Crippen LogP contribution in [0.4, 0.5) is 15.2 Å². The highest BCUT2D eigenvalue weighted by Crippen LogP contribution is 2.32. The van der Waals surface area contributed by atoms with Gasteiger partial charge in [0.2, 0.25) is 11.0 Å². The Morgan fingerprint density at radius 2 is 1.68 bits per heavy atom.